The summed E-state index contributed by atoms with van der Waals surface area (Å²) in [6.45, 7) is 4.86. The van der Waals surface area contributed by atoms with E-state index < -0.39 is 5.97 Å². The van der Waals surface area contributed by atoms with Gasteiger partial charge in [-0.3, -0.25) is 9.69 Å². The Bertz CT molecular complexity index is 463. The van der Waals surface area contributed by atoms with Crippen molar-refractivity contribution in [1.29, 1.82) is 0 Å². The maximum absolute atomic E-state index is 10.7. The van der Waals surface area contributed by atoms with Gasteiger partial charge >= 0.3 is 5.97 Å². The molecule has 0 saturated carbocycles. The summed E-state index contributed by atoms with van der Waals surface area (Å²) in [7, 11) is 0. The van der Waals surface area contributed by atoms with Crippen LogP contribution in [0.25, 0.3) is 0 Å². The minimum Gasteiger partial charge on any atom is -0.490 e. The number of carbonyl (C=O) groups is 1. The van der Waals surface area contributed by atoms with Gasteiger partial charge in [0.1, 0.15) is 6.10 Å². The van der Waals surface area contributed by atoms with Crippen molar-refractivity contribution in [2.24, 2.45) is 0 Å². The van der Waals surface area contributed by atoms with Crippen LogP contribution in [-0.4, -0.2) is 48.3 Å². The Hall–Kier alpha value is -1.75. The normalized spacial score (nSPS) is 19.2. The third-order valence-corrected chi connectivity index (χ3v) is 3.55. The van der Waals surface area contributed by atoms with Gasteiger partial charge in [0.25, 0.3) is 0 Å². The molecule has 5 heteroatoms. The van der Waals surface area contributed by atoms with E-state index in [1.165, 1.54) is 0 Å². The number of para-hydroxylation sites is 2. The van der Waals surface area contributed by atoms with Crippen molar-refractivity contribution in [1.82, 2.24) is 4.90 Å². The number of carboxylic acids is 1. The molecule has 116 valence electrons. The molecule has 5 nitrogen and oxygen atoms in total. The molecule has 2 rings (SSSR count). The highest BCUT2D eigenvalue weighted by Crippen LogP contribution is 2.29. The maximum Gasteiger partial charge on any atom is 0.304 e. The van der Waals surface area contributed by atoms with Gasteiger partial charge in [0, 0.05) is 13.1 Å². The largest absolute Gasteiger partial charge is 0.490 e. The zero-order valence-corrected chi connectivity index (χ0v) is 12.5. The van der Waals surface area contributed by atoms with Gasteiger partial charge in [0.15, 0.2) is 11.5 Å². The van der Waals surface area contributed by atoms with E-state index in [1.807, 2.05) is 31.2 Å². The minimum atomic E-state index is -0.750. The SMILES string of the molecule is CCOc1ccccc1OC1CCCN(CCC(=O)O)C1. The molecule has 0 aliphatic carbocycles. The Morgan fingerprint density at radius 1 is 1.38 bits per heavy atom. The number of carboxylic acid groups (broad SMARTS) is 1. The van der Waals surface area contributed by atoms with Gasteiger partial charge in [-0.25, -0.2) is 0 Å². The van der Waals surface area contributed by atoms with Crippen LogP contribution in [0.5, 0.6) is 11.5 Å². The number of nitrogens with zero attached hydrogens (tertiary/aromatic N) is 1. The van der Waals surface area contributed by atoms with E-state index in [0.717, 1.165) is 37.4 Å². The van der Waals surface area contributed by atoms with Crippen LogP contribution in [-0.2, 0) is 4.79 Å². The van der Waals surface area contributed by atoms with Crippen molar-refractivity contribution in [3.8, 4) is 11.5 Å². The van der Waals surface area contributed by atoms with Crippen LogP contribution in [0.4, 0.5) is 0 Å². The quantitative estimate of drug-likeness (QED) is 0.836. The summed E-state index contributed by atoms with van der Waals surface area (Å²) in [5.41, 5.74) is 0. The topological polar surface area (TPSA) is 59.0 Å². The zero-order chi connectivity index (χ0) is 15.1. The first-order valence-electron chi connectivity index (χ1n) is 7.51. The van der Waals surface area contributed by atoms with E-state index in [2.05, 4.69) is 4.90 Å². The molecule has 1 aromatic rings. The van der Waals surface area contributed by atoms with Gasteiger partial charge < -0.3 is 14.6 Å². The Morgan fingerprint density at radius 2 is 2.14 bits per heavy atom. The Morgan fingerprint density at radius 3 is 2.86 bits per heavy atom. The molecule has 0 radical (unpaired) electrons. The molecule has 0 bridgehead atoms. The van der Waals surface area contributed by atoms with Crippen LogP contribution in [0.2, 0.25) is 0 Å². The number of hydrogen-bond donors (Lipinski definition) is 1. The third kappa shape index (κ3) is 4.93. The molecule has 21 heavy (non-hydrogen) atoms. The molecule has 1 aromatic carbocycles. The molecule has 1 aliphatic heterocycles. The summed E-state index contributed by atoms with van der Waals surface area (Å²) in [6, 6.07) is 7.69. The van der Waals surface area contributed by atoms with E-state index in [0.29, 0.717) is 13.2 Å². The van der Waals surface area contributed by atoms with Crippen LogP contribution in [0.15, 0.2) is 24.3 Å². The van der Waals surface area contributed by atoms with Gasteiger partial charge in [-0.2, -0.15) is 0 Å². The number of ether oxygens (including phenoxy) is 2. The van der Waals surface area contributed by atoms with Crippen molar-refractivity contribution >= 4 is 5.97 Å². The lowest BCUT2D eigenvalue weighted by molar-refractivity contribution is -0.137. The molecule has 0 aromatic heterocycles. The molecule has 1 saturated heterocycles. The second-order valence-electron chi connectivity index (χ2n) is 5.21. The number of aliphatic carboxylic acids is 1. The van der Waals surface area contributed by atoms with Crippen LogP contribution >= 0.6 is 0 Å². The van der Waals surface area contributed by atoms with Crippen molar-refractivity contribution < 1.29 is 19.4 Å². The highest BCUT2D eigenvalue weighted by atomic mass is 16.5. The van der Waals surface area contributed by atoms with Crippen LogP contribution in [0, 0.1) is 0 Å². The molecule has 1 heterocycles. The Kier molecular flexibility index (Phi) is 5.87. The molecule has 1 unspecified atom stereocenters. The molecule has 1 aliphatic rings. The maximum atomic E-state index is 10.7. The molecule has 1 fully saturated rings. The van der Waals surface area contributed by atoms with Crippen LogP contribution in [0.1, 0.15) is 26.2 Å². The molecular weight excluding hydrogens is 270 g/mol. The van der Waals surface area contributed by atoms with E-state index in [-0.39, 0.29) is 12.5 Å². The Labute approximate surface area is 125 Å². The van der Waals surface area contributed by atoms with Gasteiger partial charge in [0.05, 0.1) is 13.0 Å². The Balaban J connectivity index is 1.91. The van der Waals surface area contributed by atoms with Crippen LogP contribution in [0.3, 0.4) is 0 Å². The standard InChI is InChI=1S/C16H23NO4/c1-2-20-14-7-3-4-8-15(14)21-13-6-5-10-17(12-13)11-9-16(18)19/h3-4,7-8,13H,2,5-6,9-12H2,1H3,(H,18,19). The number of rotatable bonds is 7. The fourth-order valence-electron chi connectivity index (χ4n) is 2.57. The molecule has 1 N–H and O–H groups in total. The minimum absolute atomic E-state index is 0.0918. The van der Waals surface area contributed by atoms with E-state index in [9.17, 15) is 4.79 Å². The van der Waals surface area contributed by atoms with Gasteiger partial charge in [-0.1, -0.05) is 12.1 Å². The van der Waals surface area contributed by atoms with Crippen LogP contribution < -0.4 is 9.47 Å². The van der Waals surface area contributed by atoms with E-state index in [1.54, 1.807) is 0 Å². The van der Waals surface area contributed by atoms with Crippen molar-refractivity contribution in [2.45, 2.75) is 32.3 Å². The number of likely N-dealkylation sites (tertiary alicyclic amines) is 1. The molecule has 0 amide bonds. The third-order valence-electron chi connectivity index (χ3n) is 3.55. The monoisotopic (exact) mass is 293 g/mol. The summed E-state index contributed by atoms with van der Waals surface area (Å²) in [6.07, 6.45) is 2.29. The highest BCUT2D eigenvalue weighted by Gasteiger charge is 2.22. The first-order chi connectivity index (χ1) is 10.2. The van der Waals surface area contributed by atoms with E-state index in [4.69, 9.17) is 14.6 Å². The number of hydrogen-bond acceptors (Lipinski definition) is 4. The first-order valence-corrected chi connectivity index (χ1v) is 7.51. The average molecular weight is 293 g/mol. The molecule has 1 atom stereocenters. The summed E-state index contributed by atoms with van der Waals surface area (Å²) in [5.74, 6) is 0.784. The fourth-order valence-corrected chi connectivity index (χ4v) is 2.57. The lowest BCUT2D eigenvalue weighted by atomic mass is 10.1. The second kappa shape index (κ2) is 7.88. The average Bonchev–Trinajstić information content (AvgIpc) is 2.48. The predicted molar refractivity (Wildman–Crippen MR) is 80.0 cm³/mol. The van der Waals surface area contributed by atoms with Crippen molar-refractivity contribution in [2.75, 3.05) is 26.2 Å². The summed E-state index contributed by atoms with van der Waals surface area (Å²) in [4.78, 5) is 12.8. The summed E-state index contributed by atoms with van der Waals surface area (Å²) in [5, 5.41) is 8.77. The summed E-state index contributed by atoms with van der Waals surface area (Å²) >= 11 is 0. The zero-order valence-electron chi connectivity index (χ0n) is 12.5. The highest BCUT2D eigenvalue weighted by molar-refractivity contribution is 5.66. The predicted octanol–water partition coefficient (Wildman–Crippen LogP) is 2.40. The van der Waals surface area contributed by atoms with E-state index >= 15 is 0 Å². The smallest absolute Gasteiger partial charge is 0.304 e. The fraction of sp³-hybridized carbons (Fsp3) is 0.562. The lowest BCUT2D eigenvalue weighted by Gasteiger charge is -2.32. The summed E-state index contributed by atoms with van der Waals surface area (Å²) < 4.78 is 11.6. The van der Waals surface area contributed by atoms with Gasteiger partial charge in [0.2, 0.25) is 0 Å². The van der Waals surface area contributed by atoms with Gasteiger partial charge in [-0.15, -0.1) is 0 Å². The molecule has 0 spiro atoms. The number of benzene rings is 1. The van der Waals surface area contributed by atoms with Crippen molar-refractivity contribution in [3.05, 3.63) is 24.3 Å². The van der Waals surface area contributed by atoms with Gasteiger partial charge in [-0.05, 0) is 38.4 Å². The number of piperidine rings is 1. The second-order valence-corrected chi connectivity index (χ2v) is 5.21. The first kappa shape index (κ1) is 15.6. The molecular formula is C16H23NO4. The lowest BCUT2D eigenvalue weighted by Crippen LogP contribution is -2.42. The van der Waals surface area contributed by atoms with Crippen molar-refractivity contribution in [3.63, 3.8) is 0 Å².